The highest BCUT2D eigenvalue weighted by Crippen LogP contribution is 2.38. The molecule has 1 fully saturated rings. The number of carboxylic acid groups (broad SMARTS) is 1. The van der Waals surface area contributed by atoms with Crippen molar-refractivity contribution >= 4 is 56.5 Å². The number of benzene rings is 3. The average Bonchev–Trinajstić information content (AvgIpc) is 3.13. The fourth-order valence-corrected chi connectivity index (χ4v) is 4.91. The zero-order chi connectivity index (χ0) is 26.5. The van der Waals surface area contributed by atoms with Gasteiger partial charge in [0, 0.05) is 11.5 Å². The van der Waals surface area contributed by atoms with Crippen LogP contribution in [0.3, 0.4) is 0 Å². The highest BCUT2D eigenvalue weighted by atomic mass is 79.9. The number of likely N-dealkylation sites (N-methyl/N-ethyl adjacent to an activating group) is 1. The second kappa shape index (κ2) is 11.7. The van der Waals surface area contributed by atoms with Gasteiger partial charge >= 0.3 is 5.97 Å². The normalized spacial score (nSPS) is 15.5. The zero-order valence-electron chi connectivity index (χ0n) is 20.5. The van der Waals surface area contributed by atoms with Crippen molar-refractivity contribution in [2.75, 3.05) is 13.7 Å². The Morgan fingerprint density at radius 3 is 2.54 bits per heavy atom. The summed E-state index contributed by atoms with van der Waals surface area (Å²) in [7, 11) is 1.64. The van der Waals surface area contributed by atoms with Gasteiger partial charge in [-0.15, -0.1) is 0 Å². The van der Waals surface area contributed by atoms with E-state index < -0.39 is 5.97 Å². The van der Waals surface area contributed by atoms with E-state index >= 15 is 0 Å². The summed E-state index contributed by atoms with van der Waals surface area (Å²) in [6.45, 7) is 4.80. The van der Waals surface area contributed by atoms with Crippen molar-refractivity contribution in [1.82, 2.24) is 4.90 Å². The molecule has 4 rings (SSSR count). The third kappa shape index (κ3) is 6.42. The van der Waals surface area contributed by atoms with Crippen LogP contribution in [0.5, 0.6) is 11.5 Å². The lowest BCUT2D eigenvalue weighted by atomic mass is 10.1. The Bertz CT molecular complexity index is 1400. The molecular weight excluding hydrogens is 556 g/mol. The molecule has 1 amide bonds. The van der Waals surface area contributed by atoms with Crippen molar-refractivity contribution in [2.45, 2.75) is 20.5 Å². The Morgan fingerprint density at radius 1 is 1.11 bits per heavy atom. The molecule has 1 aliphatic heterocycles. The lowest BCUT2D eigenvalue weighted by Gasteiger charge is -2.14. The molecule has 0 saturated carbocycles. The van der Waals surface area contributed by atoms with Gasteiger partial charge in [0.15, 0.2) is 16.7 Å². The number of hydrogen-bond donors (Lipinski definition) is 1. The Hall–Kier alpha value is -3.56. The third-order valence-corrected chi connectivity index (χ3v) is 7.23. The Labute approximate surface area is 227 Å². The molecule has 1 N–H and O–H groups in total. The molecule has 190 valence electrons. The second-order valence-electron chi connectivity index (χ2n) is 8.25. The number of carbonyl (C=O) groups excluding carboxylic acids is 1. The van der Waals surface area contributed by atoms with Crippen molar-refractivity contribution in [3.63, 3.8) is 0 Å². The molecule has 7 nitrogen and oxygen atoms in total. The van der Waals surface area contributed by atoms with Crippen LogP contribution in [0.4, 0.5) is 5.69 Å². The molecule has 1 aliphatic rings. The number of hydrogen-bond acceptors (Lipinski definition) is 6. The number of aryl methyl sites for hydroxylation is 1. The molecular formula is C28H25BrN2O5S. The summed E-state index contributed by atoms with van der Waals surface area (Å²) in [5.41, 5.74) is 3.58. The van der Waals surface area contributed by atoms with E-state index in [1.165, 1.54) is 34.4 Å². The Balaban J connectivity index is 1.59. The molecule has 0 radical (unpaired) electrons. The van der Waals surface area contributed by atoms with Crippen LogP contribution in [0.2, 0.25) is 0 Å². The predicted molar refractivity (Wildman–Crippen MR) is 150 cm³/mol. The summed E-state index contributed by atoms with van der Waals surface area (Å²) in [6.07, 6.45) is 1.77. The number of rotatable bonds is 8. The molecule has 1 heterocycles. The van der Waals surface area contributed by atoms with Gasteiger partial charge in [-0.3, -0.25) is 9.69 Å². The van der Waals surface area contributed by atoms with E-state index in [0.29, 0.717) is 40.5 Å². The van der Waals surface area contributed by atoms with E-state index in [-0.39, 0.29) is 11.5 Å². The van der Waals surface area contributed by atoms with Gasteiger partial charge in [-0.25, -0.2) is 9.79 Å². The first-order chi connectivity index (χ1) is 17.7. The number of aromatic carboxylic acids is 1. The van der Waals surface area contributed by atoms with Crippen LogP contribution in [-0.2, 0) is 11.4 Å². The maximum absolute atomic E-state index is 12.9. The minimum atomic E-state index is -1.03. The van der Waals surface area contributed by atoms with Crippen LogP contribution < -0.4 is 9.47 Å². The van der Waals surface area contributed by atoms with Gasteiger partial charge in [0.05, 0.1) is 22.8 Å². The van der Waals surface area contributed by atoms with E-state index in [9.17, 15) is 14.7 Å². The first-order valence-corrected chi connectivity index (χ1v) is 13.1. The summed E-state index contributed by atoms with van der Waals surface area (Å²) >= 11 is 4.82. The van der Waals surface area contributed by atoms with Gasteiger partial charge in [0.2, 0.25) is 0 Å². The summed E-state index contributed by atoms with van der Waals surface area (Å²) in [6, 6.07) is 18.1. The molecule has 0 spiro atoms. The molecule has 0 aliphatic carbocycles. The molecule has 3 aromatic rings. The van der Waals surface area contributed by atoms with Crippen molar-refractivity contribution in [3.05, 3.63) is 92.3 Å². The minimum absolute atomic E-state index is 0.131. The molecule has 0 atom stereocenters. The standard InChI is InChI=1S/C28H25BrN2O5S/c1-4-35-23-13-20(22(29)15-24(23)36-16-18-10-8-17(2)9-11-18)14-25-26(32)31(3)28(37-25)30-21-7-5-6-19(12-21)27(33)34/h5-15H,4,16H2,1-3H3,(H,33,34)/b25-14-,30-28?. The van der Waals surface area contributed by atoms with E-state index in [0.717, 1.165) is 15.6 Å². The molecule has 37 heavy (non-hydrogen) atoms. The van der Waals surface area contributed by atoms with Gasteiger partial charge in [-0.1, -0.05) is 51.8 Å². The highest BCUT2D eigenvalue weighted by Gasteiger charge is 2.30. The SMILES string of the molecule is CCOc1cc(/C=C2\SC(=Nc3cccc(C(=O)O)c3)N(C)C2=O)c(Br)cc1OCc1ccc(C)cc1. The number of halogens is 1. The van der Waals surface area contributed by atoms with Gasteiger partial charge in [-0.2, -0.15) is 0 Å². The number of ether oxygens (including phenoxy) is 2. The molecule has 0 aromatic heterocycles. The van der Waals surface area contributed by atoms with E-state index in [1.54, 1.807) is 25.3 Å². The number of aliphatic imine (C=N–C) groups is 1. The number of amidine groups is 1. The van der Waals surface area contributed by atoms with Crippen LogP contribution in [-0.4, -0.2) is 40.7 Å². The largest absolute Gasteiger partial charge is 0.490 e. The van der Waals surface area contributed by atoms with Crippen LogP contribution in [0.1, 0.15) is 34.0 Å². The smallest absolute Gasteiger partial charge is 0.335 e. The first-order valence-electron chi connectivity index (χ1n) is 11.5. The van der Waals surface area contributed by atoms with Gasteiger partial charge in [0.25, 0.3) is 5.91 Å². The van der Waals surface area contributed by atoms with Gasteiger partial charge in [0.1, 0.15) is 6.61 Å². The van der Waals surface area contributed by atoms with Crippen molar-refractivity contribution in [2.24, 2.45) is 4.99 Å². The van der Waals surface area contributed by atoms with Crippen molar-refractivity contribution in [1.29, 1.82) is 0 Å². The molecule has 0 unspecified atom stereocenters. The lowest BCUT2D eigenvalue weighted by molar-refractivity contribution is -0.121. The number of nitrogens with zero attached hydrogens (tertiary/aromatic N) is 2. The van der Waals surface area contributed by atoms with Gasteiger partial charge < -0.3 is 14.6 Å². The molecule has 3 aromatic carbocycles. The predicted octanol–water partition coefficient (Wildman–Crippen LogP) is 6.67. The fourth-order valence-electron chi connectivity index (χ4n) is 3.50. The first kappa shape index (κ1) is 26.5. The zero-order valence-corrected chi connectivity index (χ0v) is 22.9. The summed E-state index contributed by atoms with van der Waals surface area (Å²) in [5, 5.41) is 9.68. The number of carbonyl (C=O) groups is 2. The highest BCUT2D eigenvalue weighted by molar-refractivity contribution is 9.10. The van der Waals surface area contributed by atoms with Crippen LogP contribution >= 0.6 is 27.7 Å². The van der Waals surface area contributed by atoms with Crippen LogP contribution in [0.15, 0.2) is 75.0 Å². The number of amides is 1. The topological polar surface area (TPSA) is 88.4 Å². The Morgan fingerprint density at radius 2 is 1.84 bits per heavy atom. The summed E-state index contributed by atoms with van der Waals surface area (Å²) < 4.78 is 12.6. The van der Waals surface area contributed by atoms with E-state index in [4.69, 9.17) is 9.47 Å². The maximum Gasteiger partial charge on any atom is 0.335 e. The Kier molecular flexibility index (Phi) is 8.35. The van der Waals surface area contributed by atoms with E-state index in [2.05, 4.69) is 20.9 Å². The number of thioether (sulfide) groups is 1. The summed E-state index contributed by atoms with van der Waals surface area (Å²) in [4.78, 5) is 30.6. The maximum atomic E-state index is 12.9. The average molecular weight is 581 g/mol. The molecule has 1 saturated heterocycles. The monoisotopic (exact) mass is 580 g/mol. The van der Waals surface area contributed by atoms with Crippen LogP contribution in [0.25, 0.3) is 6.08 Å². The van der Waals surface area contributed by atoms with Crippen molar-refractivity contribution in [3.8, 4) is 11.5 Å². The quantitative estimate of drug-likeness (QED) is 0.299. The van der Waals surface area contributed by atoms with Crippen LogP contribution in [0, 0.1) is 6.92 Å². The summed E-state index contributed by atoms with van der Waals surface area (Å²) in [5.74, 6) is -0.0672. The second-order valence-corrected chi connectivity index (χ2v) is 10.1. The molecule has 9 heteroatoms. The third-order valence-electron chi connectivity index (χ3n) is 5.49. The van der Waals surface area contributed by atoms with Gasteiger partial charge in [-0.05, 0) is 73.1 Å². The van der Waals surface area contributed by atoms with E-state index in [1.807, 2.05) is 50.2 Å². The lowest BCUT2D eigenvalue weighted by Crippen LogP contribution is -2.23. The van der Waals surface area contributed by atoms with Crippen molar-refractivity contribution < 1.29 is 24.2 Å². The minimum Gasteiger partial charge on any atom is -0.490 e. The molecule has 0 bridgehead atoms. The fraction of sp³-hybridized carbons (Fsp3) is 0.179. The number of carboxylic acids is 1.